The van der Waals surface area contributed by atoms with Crippen LogP contribution >= 0.6 is 11.3 Å². The summed E-state index contributed by atoms with van der Waals surface area (Å²) in [4.78, 5) is 31.5. The number of rotatable bonds is 7. The smallest absolute Gasteiger partial charge is 0.270 e. The van der Waals surface area contributed by atoms with Gasteiger partial charge in [0.05, 0.1) is 6.10 Å². The summed E-state index contributed by atoms with van der Waals surface area (Å²) in [6.07, 6.45) is 1.37. The summed E-state index contributed by atoms with van der Waals surface area (Å²) in [6, 6.07) is 21.3. The molecular weight excluding hydrogens is 474 g/mol. The van der Waals surface area contributed by atoms with Crippen LogP contribution in [0.2, 0.25) is 0 Å². The van der Waals surface area contributed by atoms with Crippen LogP contribution in [-0.2, 0) is 6.54 Å². The van der Waals surface area contributed by atoms with Crippen molar-refractivity contribution >= 4 is 49.7 Å². The lowest BCUT2D eigenvalue weighted by atomic mass is 10.1. The van der Waals surface area contributed by atoms with E-state index in [0.717, 1.165) is 65.8 Å². The topological polar surface area (TPSA) is 121 Å². The van der Waals surface area contributed by atoms with E-state index in [2.05, 4.69) is 20.5 Å². The maximum Gasteiger partial charge on any atom is 0.270 e. The largest absolute Gasteiger partial charge is 0.393 e. The first-order valence-corrected chi connectivity index (χ1v) is 12.6. The molecule has 0 bridgehead atoms. The monoisotopic (exact) mass is 501 g/mol. The zero-order valence-electron chi connectivity index (χ0n) is 19.6. The number of hydrogen-bond acceptors (Lipinski definition) is 7. The first-order chi connectivity index (χ1) is 17.4. The molecule has 5 rings (SSSR count). The average Bonchev–Trinajstić information content (AvgIpc) is 3.28. The highest BCUT2D eigenvalue weighted by Gasteiger charge is 2.20. The Bertz CT molecular complexity index is 1390. The number of aliphatic hydroxyl groups excluding tert-OH is 1. The molecular formula is C27H27N5O3S. The van der Waals surface area contributed by atoms with Gasteiger partial charge in [-0.1, -0.05) is 53.8 Å². The second-order valence-corrected chi connectivity index (χ2v) is 9.91. The number of thiazole rings is 1. The number of carbonyl (C=O) groups is 2. The van der Waals surface area contributed by atoms with Gasteiger partial charge in [-0.15, -0.1) is 0 Å². The lowest BCUT2D eigenvalue weighted by molar-refractivity contribution is 0.0792. The van der Waals surface area contributed by atoms with Crippen molar-refractivity contribution in [1.29, 1.82) is 0 Å². The Balaban J connectivity index is 1.27. The number of amides is 2. The van der Waals surface area contributed by atoms with Crippen molar-refractivity contribution in [3.8, 4) is 0 Å². The molecule has 0 saturated carbocycles. The van der Waals surface area contributed by atoms with Crippen LogP contribution in [0.25, 0.3) is 10.8 Å². The molecule has 0 radical (unpaired) electrons. The van der Waals surface area contributed by atoms with Crippen LogP contribution in [0.1, 0.15) is 39.3 Å². The number of aromatic nitrogens is 1. The van der Waals surface area contributed by atoms with Gasteiger partial charge in [0.1, 0.15) is 5.00 Å². The molecule has 5 N–H and O–H groups in total. The van der Waals surface area contributed by atoms with Crippen LogP contribution in [0.15, 0.2) is 66.7 Å². The van der Waals surface area contributed by atoms with Crippen molar-refractivity contribution in [2.45, 2.75) is 25.5 Å². The maximum atomic E-state index is 12.9. The minimum absolute atomic E-state index is 0.0144. The van der Waals surface area contributed by atoms with Crippen molar-refractivity contribution < 1.29 is 14.7 Å². The number of nitrogens with two attached hydrogens (primary N) is 1. The Kier molecular flexibility index (Phi) is 6.95. The molecule has 0 unspecified atom stereocenters. The minimum Gasteiger partial charge on any atom is -0.393 e. The molecule has 1 aromatic heterocycles. The molecule has 36 heavy (non-hydrogen) atoms. The molecule has 1 fully saturated rings. The molecule has 9 heteroatoms. The Morgan fingerprint density at radius 2 is 1.75 bits per heavy atom. The second-order valence-electron chi connectivity index (χ2n) is 8.91. The van der Waals surface area contributed by atoms with E-state index in [4.69, 9.17) is 5.73 Å². The van der Waals surface area contributed by atoms with Crippen LogP contribution < -0.4 is 16.4 Å². The normalized spacial score (nSPS) is 14.6. The zero-order chi connectivity index (χ0) is 25.1. The third-order valence-electron chi connectivity index (χ3n) is 6.27. The molecule has 2 heterocycles. The van der Waals surface area contributed by atoms with Gasteiger partial charge >= 0.3 is 0 Å². The summed E-state index contributed by atoms with van der Waals surface area (Å²) in [5.41, 5.74) is 7.93. The van der Waals surface area contributed by atoms with Crippen LogP contribution in [0.4, 0.5) is 15.8 Å². The third kappa shape index (κ3) is 5.54. The van der Waals surface area contributed by atoms with E-state index in [0.29, 0.717) is 15.7 Å². The van der Waals surface area contributed by atoms with Crippen molar-refractivity contribution in [3.63, 3.8) is 0 Å². The van der Waals surface area contributed by atoms with Crippen LogP contribution in [-0.4, -0.2) is 46.0 Å². The van der Waals surface area contributed by atoms with Crippen molar-refractivity contribution in [1.82, 2.24) is 9.88 Å². The molecule has 1 aliphatic rings. The summed E-state index contributed by atoms with van der Waals surface area (Å²) < 4.78 is 0. The fourth-order valence-electron chi connectivity index (χ4n) is 4.29. The van der Waals surface area contributed by atoms with Crippen LogP contribution in [0, 0.1) is 0 Å². The number of hydrogen-bond donors (Lipinski definition) is 4. The van der Waals surface area contributed by atoms with Gasteiger partial charge in [0.25, 0.3) is 11.8 Å². The summed E-state index contributed by atoms with van der Waals surface area (Å²) in [7, 11) is 0. The number of anilines is 3. The quantitative estimate of drug-likeness (QED) is 0.299. The maximum absolute atomic E-state index is 12.9. The van der Waals surface area contributed by atoms with Crippen molar-refractivity contribution in [2.75, 3.05) is 23.7 Å². The van der Waals surface area contributed by atoms with Crippen molar-refractivity contribution in [3.05, 3.63) is 83.6 Å². The Hall–Kier alpha value is -3.79. The highest BCUT2D eigenvalue weighted by atomic mass is 32.1. The Morgan fingerprint density at radius 3 is 2.47 bits per heavy atom. The van der Waals surface area contributed by atoms with Gasteiger partial charge in [0, 0.05) is 30.9 Å². The first kappa shape index (κ1) is 23.9. The van der Waals surface area contributed by atoms with E-state index in [9.17, 15) is 14.7 Å². The molecule has 184 valence electrons. The van der Waals surface area contributed by atoms with Crippen LogP contribution in [0.5, 0.6) is 0 Å². The molecule has 2 amide bonds. The highest BCUT2D eigenvalue weighted by Crippen LogP contribution is 2.32. The Labute approximate surface area is 212 Å². The van der Waals surface area contributed by atoms with E-state index in [1.807, 2.05) is 54.6 Å². The lowest BCUT2D eigenvalue weighted by Gasteiger charge is -2.29. The number of piperidine rings is 1. The standard InChI is InChI=1S/C27H27N5O3S/c28-24(34)23-26(36-27(30-23)29-21-10-9-18-3-1-2-4-20(18)15-21)31-25(35)19-7-5-17(6-8-19)16-32-13-11-22(33)12-14-32/h1-10,15,22,33H,11-14,16H2,(H2,28,34)(H,29,30)(H,31,35). The van der Waals surface area contributed by atoms with E-state index in [-0.39, 0.29) is 17.7 Å². The number of primary amides is 1. The summed E-state index contributed by atoms with van der Waals surface area (Å²) in [5.74, 6) is -1.05. The number of nitrogens with zero attached hydrogens (tertiary/aromatic N) is 2. The zero-order valence-corrected chi connectivity index (χ0v) is 20.4. The molecule has 3 aromatic carbocycles. The number of aliphatic hydroxyl groups is 1. The Morgan fingerprint density at radius 1 is 1.03 bits per heavy atom. The minimum atomic E-state index is -0.713. The van der Waals surface area contributed by atoms with E-state index < -0.39 is 5.91 Å². The van der Waals surface area contributed by atoms with E-state index in [1.165, 1.54) is 0 Å². The number of fused-ring (bicyclic) bond motifs is 1. The average molecular weight is 502 g/mol. The fraction of sp³-hybridized carbons (Fsp3) is 0.222. The van der Waals surface area contributed by atoms with Gasteiger partial charge in [0.2, 0.25) is 0 Å². The van der Waals surface area contributed by atoms with Crippen LogP contribution in [0.3, 0.4) is 0 Å². The summed E-state index contributed by atoms with van der Waals surface area (Å²) in [5, 5.41) is 18.6. The molecule has 4 aromatic rings. The fourth-order valence-corrected chi connectivity index (χ4v) is 5.17. The predicted octanol–water partition coefficient (Wildman–Crippen LogP) is 4.35. The lowest BCUT2D eigenvalue weighted by Crippen LogP contribution is -2.35. The van der Waals surface area contributed by atoms with Crippen molar-refractivity contribution in [2.24, 2.45) is 5.73 Å². The van der Waals surface area contributed by atoms with Gasteiger partial charge in [0.15, 0.2) is 10.8 Å². The van der Waals surface area contributed by atoms with E-state index >= 15 is 0 Å². The summed E-state index contributed by atoms with van der Waals surface area (Å²) in [6.45, 7) is 2.50. The number of carbonyl (C=O) groups excluding carboxylic acids is 2. The summed E-state index contributed by atoms with van der Waals surface area (Å²) >= 11 is 1.16. The van der Waals surface area contributed by atoms with Gasteiger partial charge in [-0.3, -0.25) is 14.5 Å². The molecule has 0 aliphatic carbocycles. The molecule has 0 atom stereocenters. The predicted molar refractivity (Wildman–Crippen MR) is 143 cm³/mol. The van der Waals surface area contributed by atoms with Gasteiger partial charge < -0.3 is 21.5 Å². The molecule has 1 saturated heterocycles. The number of benzene rings is 3. The third-order valence-corrected chi connectivity index (χ3v) is 7.15. The number of likely N-dealkylation sites (tertiary alicyclic amines) is 1. The molecule has 8 nitrogen and oxygen atoms in total. The van der Waals surface area contributed by atoms with Gasteiger partial charge in [-0.2, -0.15) is 0 Å². The highest BCUT2D eigenvalue weighted by molar-refractivity contribution is 7.20. The molecule has 0 spiro atoms. The second kappa shape index (κ2) is 10.4. The SMILES string of the molecule is NC(=O)c1nc(Nc2ccc3ccccc3c2)sc1NC(=O)c1ccc(CN2CCC(O)CC2)cc1. The van der Waals surface area contributed by atoms with E-state index in [1.54, 1.807) is 12.1 Å². The molecule has 1 aliphatic heterocycles. The van der Waals surface area contributed by atoms with Gasteiger partial charge in [-0.25, -0.2) is 4.98 Å². The van der Waals surface area contributed by atoms with Gasteiger partial charge in [-0.05, 0) is 53.4 Å². The number of nitrogens with one attached hydrogen (secondary N) is 2. The first-order valence-electron chi connectivity index (χ1n) is 11.8.